The van der Waals surface area contributed by atoms with E-state index in [1.165, 1.54) is 0 Å². The van der Waals surface area contributed by atoms with E-state index in [1.807, 2.05) is 0 Å². The van der Waals surface area contributed by atoms with Crippen LogP contribution in [0.5, 0.6) is 0 Å². The number of carbonyl (C=O) groups excluding carboxylic acids is 2. The summed E-state index contributed by atoms with van der Waals surface area (Å²) in [5, 5.41) is 9.44. The molecule has 0 unspecified atom stereocenters. The molecular weight excluding hydrogens is 312 g/mol. The van der Waals surface area contributed by atoms with Gasteiger partial charge in [0.25, 0.3) is 5.91 Å². The average Bonchev–Trinajstić information content (AvgIpc) is 2.52. The topological polar surface area (TPSA) is 110 Å². The molecule has 1 rings (SSSR count). The van der Waals surface area contributed by atoms with Gasteiger partial charge in [-0.1, -0.05) is 18.2 Å². The second-order valence-corrected chi connectivity index (χ2v) is 4.76. The SMILES string of the molecule is NN(C(=O)c1ccccc1)[C@@H](CCC(=O)O)C(=O)OCCCl. The zero-order valence-electron chi connectivity index (χ0n) is 11.8. The molecule has 0 radical (unpaired) electrons. The largest absolute Gasteiger partial charge is 0.481 e. The van der Waals surface area contributed by atoms with Crippen LogP contribution in [-0.4, -0.2) is 46.5 Å². The number of aliphatic carboxylic acids is 1. The highest BCUT2D eigenvalue weighted by molar-refractivity contribution is 6.18. The molecule has 0 heterocycles. The number of carboxylic acids is 1. The van der Waals surface area contributed by atoms with Gasteiger partial charge in [-0.2, -0.15) is 0 Å². The second-order valence-electron chi connectivity index (χ2n) is 4.38. The maximum atomic E-state index is 12.2. The molecule has 3 N–H and O–H groups in total. The lowest BCUT2D eigenvalue weighted by Gasteiger charge is -2.25. The highest BCUT2D eigenvalue weighted by Gasteiger charge is 2.30. The zero-order valence-corrected chi connectivity index (χ0v) is 12.5. The average molecular weight is 329 g/mol. The molecule has 1 amide bonds. The summed E-state index contributed by atoms with van der Waals surface area (Å²) in [6.45, 7) is -0.0443. The number of hydrazine groups is 1. The molecule has 1 aromatic carbocycles. The number of hydrogen-bond acceptors (Lipinski definition) is 5. The van der Waals surface area contributed by atoms with Crippen LogP contribution in [0.3, 0.4) is 0 Å². The number of halogens is 1. The number of amides is 1. The van der Waals surface area contributed by atoms with E-state index >= 15 is 0 Å². The Labute approximate surface area is 132 Å². The van der Waals surface area contributed by atoms with Crippen LogP contribution in [0.2, 0.25) is 0 Å². The fraction of sp³-hybridized carbons (Fsp3) is 0.357. The highest BCUT2D eigenvalue weighted by atomic mass is 35.5. The number of carboxylic acid groups (broad SMARTS) is 1. The molecule has 120 valence electrons. The molecule has 0 saturated carbocycles. The van der Waals surface area contributed by atoms with Gasteiger partial charge in [-0.3, -0.25) is 14.6 Å². The van der Waals surface area contributed by atoms with Gasteiger partial charge in [-0.15, -0.1) is 11.6 Å². The fourth-order valence-electron chi connectivity index (χ4n) is 1.74. The van der Waals surface area contributed by atoms with Crippen molar-refractivity contribution in [3.05, 3.63) is 35.9 Å². The second kappa shape index (κ2) is 9.01. The molecule has 1 aromatic rings. The van der Waals surface area contributed by atoms with Crippen molar-refractivity contribution in [3.8, 4) is 0 Å². The van der Waals surface area contributed by atoms with Crippen molar-refractivity contribution in [2.24, 2.45) is 5.84 Å². The van der Waals surface area contributed by atoms with Gasteiger partial charge in [0.05, 0.1) is 5.88 Å². The summed E-state index contributed by atoms with van der Waals surface area (Å²) in [4.78, 5) is 34.9. The summed E-state index contributed by atoms with van der Waals surface area (Å²) in [6, 6.07) is 6.93. The number of nitrogens with zero attached hydrogens (tertiary/aromatic N) is 1. The molecule has 0 aromatic heterocycles. The standard InChI is InChI=1S/C14H17ClN2O5/c15-8-9-22-14(21)11(6-7-12(18)19)17(16)13(20)10-4-2-1-3-5-10/h1-5,11H,6-9,16H2,(H,18,19)/t11-/m0/s1. The van der Waals surface area contributed by atoms with E-state index in [0.29, 0.717) is 5.01 Å². The molecule has 0 spiro atoms. The van der Waals surface area contributed by atoms with Gasteiger partial charge in [0.1, 0.15) is 12.6 Å². The minimum absolute atomic E-state index is 0.0443. The van der Waals surface area contributed by atoms with Crippen LogP contribution in [0.25, 0.3) is 0 Å². The van der Waals surface area contributed by atoms with E-state index in [4.69, 9.17) is 27.3 Å². The van der Waals surface area contributed by atoms with E-state index in [0.717, 1.165) is 0 Å². The number of hydrogen-bond donors (Lipinski definition) is 2. The van der Waals surface area contributed by atoms with Gasteiger partial charge in [0, 0.05) is 12.0 Å². The third-order valence-corrected chi connectivity index (χ3v) is 2.97. The molecular formula is C14H17ClN2O5. The molecule has 1 atom stereocenters. The maximum absolute atomic E-state index is 12.2. The van der Waals surface area contributed by atoms with Crippen LogP contribution in [0.1, 0.15) is 23.2 Å². The number of rotatable bonds is 8. The van der Waals surface area contributed by atoms with Gasteiger partial charge in [0.2, 0.25) is 0 Å². The third-order valence-electron chi connectivity index (χ3n) is 2.82. The minimum Gasteiger partial charge on any atom is -0.481 e. The number of benzene rings is 1. The van der Waals surface area contributed by atoms with E-state index in [2.05, 4.69) is 0 Å². The van der Waals surface area contributed by atoms with Crippen LogP contribution in [0.4, 0.5) is 0 Å². The van der Waals surface area contributed by atoms with Crippen molar-refractivity contribution in [1.82, 2.24) is 5.01 Å². The lowest BCUT2D eigenvalue weighted by atomic mass is 10.1. The Hall–Kier alpha value is -2.12. The first-order valence-corrected chi connectivity index (χ1v) is 7.08. The van der Waals surface area contributed by atoms with Crippen molar-refractivity contribution in [2.75, 3.05) is 12.5 Å². The zero-order chi connectivity index (χ0) is 16.5. The van der Waals surface area contributed by atoms with Crippen LogP contribution < -0.4 is 5.84 Å². The number of alkyl halides is 1. The van der Waals surface area contributed by atoms with Crippen molar-refractivity contribution < 1.29 is 24.2 Å². The highest BCUT2D eigenvalue weighted by Crippen LogP contribution is 2.11. The molecule has 22 heavy (non-hydrogen) atoms. The summed E-state index contributed by atoms with van der Waals surface area (Å²) < 4.78 is 4.86. The van der Waals surface area contributed by atoms with Crippen LogP contribution >= 0.6 is 11.6 Å². The quantitative estimate of drug-likeness (QED) is 0.242. The first-order valence-electron chi connectivity index (χ1n) is 6.55. The van der Waals surface area contributed by atoms with Crippen LogP contribution in [0.15, 0.2) is 30.3 Å². The fourth-order valence-corrected chi connectivity index (χ4v) is 1.81. The molecule has 0 bridgehead atoms. The Balaban J connectivity index is 2.86. The predicted molar refractivity (Wildman–Crippen MR) is 79.1 cm³/mol. The van der Waals surface area contributed by atoms with Crippen molar-refractivity contribution in [3.63, 3.8) is 0 Å². The molecule has 0 aliphatic rings. The number of ether oxygens (including phenoxy) is 1. The lowest BCUT2D eigenvalue weighted by Crippen LogP contribution is -2.50. The molecule has 0 aliphatic carbocycles. The predicted octanol–water partition coefficient (Wildman–Crippen LogP) is 1.02. The monoisotopic (exact) mass is 328 g/mol. The summed E-state index contributed by atoms with van der Waals surface area (Å²) >= 11 is 5.43. The first-order chi connectivity index (χ1) is 10.5. The van der Waals surface area contributed by atoms with Crippen molar-refractivity contribution in [1.29, 1.82) is 0 Å². The van der Waals surface area contributed by atoms with E-state index in [1.54, 1.807) is 30.3 Å². The Morgan fingerprint density at radius 2 is 1.91 bits per heavy atom. The molecule has 7 nitrogen and oxygen atoms in total. The Morgan fingerprint density at radius 3 is 2.45 bits per heavy atom. The third kappa shape index (κ3) is 5.34. The smallest absolute Gasteiger partial charge is 0.330 e. The van der Waals surface area contributed by atoms with E-state index < -0.39 is 23.9 Å². The number of nitrogens with two attached hydrogens (primary N) is 1. The Morgan fingerprint density at radius 1 is 1.27 bits per heavy atom. The lowest BCUT2D eigenvalue weighted by molar-refractivity contribution is -0.149. The van der Waals surface area contributed by atoms with Gasteiger partial charge in [0.15, 0.2) is 0 Å². The summed E-state index contributed by atoms with van der Waals surface area (Å²) in [5.41, 5.74) is 0.287. The van der Waals surface area contributed by atoms with Crippen molar-refractivity contribution >= 4 is 29.4 Å². The molecule has 0 saturated heterocycles. The van der Waals surface area contributed by atoms with Gasteiger partial charge in [-0.25, -0.2) is 10.6 Å². The number of esters is 1. The Bertz CT molecular complexity index is 523. The normalized spacial score (nSPS) is 11.5. The first kappa shape index (κ1) is 17.9. The summed E-state index contributed by atoms with van der Waals surface area (Å²) in [6.07, 6.45) is -0.470. The van der Waals surface area contributed by atoms with Crippen LogP contribution in [-0.2, 0) is 14.3 Å². The van der Waals surface area contributed by atoms with Gasteiger partial charge >= 0.3 is 11.9 Å². The molecule has 8 heteroatoms. The van der Waals surface area contributed by atoms with Crippen molar-refractivity contribution in [2.45, 2.75) is 18.9 Å². The maximum Gasteiger partial charge on any atom is 0.330 e. The van der Waals surface area contributed by atoms with Crippen LogP contribution in [0, 0.1) is 0 Å². The van der Waals surface area contributed by atoms with Gasteiger partial charge in [-0.05, 0) is 18.6 Å². The Kier molecular flexibility index (Phi) is 7.34. The number of carbonyl (C=O) groups is 3. The minimum atomic E-state index is -1.19. The van der Waals surface area contributed by atoms with Gasteiger partial charge < -0.3 is 9.84 Å². The van der Waals surface area contributed by atoms with E-state index in [9.17, 15) is 14.4 Å². The molecule has 0 fully saturated rings. The summed E-state index contributed by atoms with van der Waals surface area (Å²) in [5.74, 6) is 3.32. The van der Waals surface area contributed by atoms with E-state index in [-0.39, 0.29) is 30.9 Å². The molecule has 0 aliphatic heterocycles. The summed E-state index contributed by atoms with van der Waals surface area (Å²) in [7, 11) is 0.